The second-order valence-corrected chi connectivity index (χ2v) is 16.7. The minimum Gasteiger partial charge on any atom is -0.458 e. The fourth-order valence-corrected chi connectivity index (χ4v) is 10.7. The fourth-order valence-electron chi connectivity index (χ4n) is 10.7. The molecule has 15 heteroatoms. The molecular formula is C44H53N7O8. The zero-order valence-electron chi connectivity index (χ0n) is 33.0. The van der Waals surface area contributed by atoms with E-state index in [0.717, 1.165) is 11.0 Å². The molecule has 0 aliphatic heterocycles. The molecule has 6 fully saturated rings. The first-order valence-corrected chi connectivity index (χ1v) is 21.0. The molecule has 10 unspecified atom stereocenters. The van der Waals surface area contributed by atoms with Crippen LogP contribution >= 0.6 is 0 Å². The molecule has 4 bridgehead atoms. The molecule has 2 aromatic heterocycles. The summed E-state index contributed by atoms with van der Waals surface area (Å²) in [6.07, 6.45) is 6.10. The first-order valence-electron chi connectivity index (χ1n) is 21.0. The number of aromatic nitrogens is 2. The van der Waals surface area contributed by atoms with Gasteiger partial charge in [-0.1, -0.05) is 36.4 Å². The molecule has 4 aromatic rings. The molecule has 0 spiro atoms. The van der Waals surface area contributed by atoms with Crippen LogP contribution in [0.15, 0.2) is 60.9 Å². The highest BCUT2D eigenvalue weighted by Crippen LogP contribution is 2.52. The van der Waals surface area contributed by atoms with Crippen molar-refractivity contribution in [3.8, 4) is 0 Å². The Morgan fingerprint density at radius 3 is 1.42 bits per heavy atom. The van der Waals surface area contributed by atoms with Crippen molar-refractivity contribution in [1.82, 2.24) is 25.9 Å². The number of fused-ring (bicyclic) bond motifs is 8. The molecule has 312 valence electrons. The van der Waals surface area contributed by atoms with Gasteiger partial charge >= 0.3 is 11.9 Å². The third kappa shape index (κ3) is 7.85. The van der Waals surface area contributed by atoms with Crippen LogP contribution in [0.1, 0.15) is 72.1 Å². The molecule has 10 rings (SSSR count). The summed E-state index contributed by atoms with van der Waals surface area (Å²) in [4.78, 5) is 90.6. The summed E-state index contributed by atoms with van der Waals surface area (Å²) in [5.41, 5.74) is 13.7. The lowest BCUT2D eigenvalue weighted by molar-refractivity contribution is -0.162. The van der Waals surface area contributed by atoms with Gasteiger partial charge in [-0.05, 0) is 88.4 Å². The lowest BCUT2D eigenvalue weighted by atomic mass is 9.56. The molecule has 9 N–H and O–H groups in total. The van der Waals surface area contributed by atoms with Gasteiger partial charge in [-0.25, -0.2) is 9.59 Å². The maximum absolute atomic E-state index is 14.7. The number of benzene rings is 2. The van der Waals surface area contributed by atoms with Crippen molar-refractivity contribution in [2.24, 2.45) is 58.8 Å². The molecule has 6 aliphatic carbocycles. The Bertz CT molecular complexity index is 2080. The van der Waals surface area contributed by atoms with E-state index < -0.39 is 71.5 Å². The summed E-state index contributed by atoms with van der Waals surface area (Å²) < 4.78 is 12.3. The maximum atomic E-state index is 14.7. The van der Waals surface area contributed by atoms with Crippen LogP contribution in [0.25, 0.3) is 21.8 Å². The van der Waals surface area contributed by atoms with E-state index in [1.54, 1.807) is 12.4 Å². The number of carbonyl (C=O) groups excluding carboxylic acids is 6. The highest BCUT2D eigenvalue weighted by molar-refractivity contribution is 6.05. The van der Waals surface area contributed by atoms with Crippen LogP contribution < -0.4 is 27.4 Å². The van der Waals surface area contributed by atoms with Gasteiger partial charge in [-0.2, -0.15) is 0 Å². The Morgan fingerprint density at radius 2 is 1.00 bits per heavy atom. The largest absolute Gasteiger partial charge is 0.458 e. The molecule has 6 aliphatic rings. The normalized spacial score (nSPS) is 28.2. The number of rotatable bonds is 14. The van der Waals surface area contributed by atoms with Crippen LogP contribution in [0, 0.1) is 47.3 Å². The lowest BCUT2D eigenvalue weighted by Crippen LogP contribution is -2.61. The zero-order valence-corrected chi connectivity index (χ0v) is 33.0. The number of imide groups is 1. The molecule has 2 aromatic carbocycles. The van der Waals surface area contributed by atoms with Gasteiger partial charge in [-0.15, -0.1) is 0 Å². The number of nitrogens with one attached hydrogen (secondary N) is 5. The first-order chi connectivity index (χ1) is 28.7. The van der Waals surface area contributed by atoms with E-state index in [0.29, 0.717) is 99.4 Å². The number of carbonyl (C=O) groups is 6. The van der Waals surface area contributed by atoms with Crippen molar-refractivity contribution in [3.63, 3.8) is 0 Å². The Balaban J connectivity index is 1.05. The van der Waals surface area contributed by atoms with Crippen LogP contribution in [0.2, 0.25) is 0 Å². The molecule has 0 saturated heterocycles. The highest BCUT2D eigenvalue weighted by Gasteiger charge is 2.58. The zero-order chi connectivity index (χ0) is 41.2. The van der Waals surface area contributed by atoms with E-state index in [4.69, 9.17) is 20.9 Å². The summed E-state index contributed by atoms with van der Waals surface area (Å²) >= 11 is 0. The van der Waals surface area contributed by atoms with Crippen LogP contribution in [-0.4, -0.2) is 83.9 Å². The van der Waals surface area contributed by atoms with Crippen LogP contribution in [-0.2, 0) is 28.7 Å². The summed E-state index contributed by atoms with van der Waals surface area (Å²) in [5, 5.41) is 9.99. The number of para-hydroxylation sites is 2. The van der Waals surface area contributed by atoms with E-state index in [1.807, 2.05) is 48.5 Å². The Kier molecular flexibility index (Phi) is 11.8. The predicted octanol–water partition coefficient (Wildman–Crippen LogP) is 3.30. The smallest absolute Gasteiger partial charge is 0.340 e. The fraction of sp³-hybridized carbons (Fsp3) is 0.500. The van der Waals surface area contributed by atoms with Crippen molar-refractivity contribution < 1.29 is 38.2 Å². The molecular weight excluding hydrogens is 755 g/mol. The van der Waals surface area contributed by atoms with E-state index in [1.165, 1.54) is 0 Å². The molecule has 10 atom stereocenters. The van der Waals surface area contributed by atoms with Gasteiger partial charge in [0.05, 0.1) is 34.8 Å². The number of ether oxygens (including phenoxy) is 2. The average molecular weight is 808 g/mol. The number of amides is 4. The van der Waals surface area contributed by atoms with Gasteiger partial charge < -0.3 is 41.5 Å². The average Bonchev–Trinajstić information content (AvgIpc) is 3.89. The minimum absolute atomic E-state index is 0.287. The molecule has 6 saturated carbocycles. The van der Waals surface area contributed by atoms with E-state index >= 15 is 0 Å². The second kappa shape index (κ2) is 17.4. The van der Waals surface area contributed by atoms with Crippen molar-refractivity contribution in [3.05, 3.63) is 72.1 Å². The van der Waals surface area contributed by atoms with Crippen molar-refractivity contribution in [1.29, 1.82) is 0 Å². The van der Waals surface area contributed by atoms with Gasteiger partial charge in [0, 0.05) is 59.1 Å². The van der Waals surface area contributed by atoms with Crippen molar-refractivity contribution in [2.45, 2.75) is 63.6 Å². The van der Waals surface area contributed by atoms with Gasteiger partial charge in [0.25, 0.3) is 0 Å². The topological polar surface area (TPSA) is 241 Å². The van der Waals surface area contributed by atoms with Gasteiger partial charge in [0.15, 0.2) is 0 Å². The number of hydrogen-bond donors (Lipinski definition) is 7. The molecule has 59 heavy (non-hydrogen) atoms. The predicted molar refractivity (Wildman–Crippen MR) is 217 cm³/mol. The molecule has 4 amide bonds. The third-order valence-electron chi connectivity index (χ3n) is 13.4. The van der Waals surface area contributed by atoms with Crippen LogP contribution in [0.4, 0.5) is 0 Å². The molecule has 2 heterocycles. The summed E-state index contributed by atoms with van der Waals surface area (Å²) in [7, 11) is 0. The number of aromatic amines is 2. The lowest BCUT2D eigenvalue weighted by Gasteiger charge is -2.51. The Hall–Kier alpha value is -5.54. The molecule has 15 nitrogen and oxygen atoms in total. The van der Waals surface area contributed by atoms with Crippen molar-refractivity contribution in [2.75, 3.05) is 26.2 Å². The number of H-pyrrole nitrogens is 2. The monoisotopic (exact) mass is 807 g/mol. The summed E-state index contributed by atoms with van der Waals surface area (Å²) in [6, 6.07) is 14.8. The third-order valence-corrected chi connectivity index (χ3v) is 13.4. The number of hydrogen-bond acceptors (Lipinski definition) is 10. The quantitative estimate of drug-likeness (QED) is 0.0557. The standard InChI is InChI=1S/C44H53N7O8/c45-15-5-17-47-39(52)35-23-11-13-27(33(19-23)58-43(56)29-21-49-31-9-3-1-7-25(29)31)37(35)41(54)51-42(55)38-28-14-12-24(36(38)40(53)48-18-6-16-46)20-34(28)59-44(57)30-22-50-32-10-4-2-8-26(30)32/h1-4,7-10,21-24,27-28,33-38,49-50H,5-6,11-20,45-46H2,(H,47,52)(H,48,53)(H,51,54,55). The van der Waals surface area contributed by atoms with E-state index in [-0.39, 0.29) is 23.7 Å². The van der Waals surface area contributed by atoms with Crippen molar-refractivity contribution >= 4 is 57.4 Å². The Morgan fingerprint density at radius 1 is 0.576 bits per heavy atom. The molecule has 0 radical (unpaired) electrons. The number of nitrogens with two attached hydrogens (primary N) is 2. The number of esters is 2. The first kappa shape index (κ1) is 40.2. The summed E-state index contributed by atoms with van der Waals surface area (Å²) in [5.74, 6) is -8.16. The van der Waals surface area contributed by atoms with Gasteiger partial charge in [-0.3, -0.25) is 24.5 Å². The highest BCUT2D eigenvalue weighted by atomic mass is 16.5. The van der Waals surface area contributed by atoms with E-state index in [2.05, 4.69) is 25.9 Å². The Labute approximate surface area is 341 Å². The van der Waals surface area contributed by atoms with E-state index in [9.17, 15) is 28.8 Å². The second-order valence-electron chi connectivity index (χ2n) is 16.7. The maximum Gasteiger partial charge on any atom is 0.340 e. The minimum atomic E-state index is -0.988. The van der Waals surface area contributed by atoms with Crippen LogP contribution in [0.5, 0.6) is 0 Å². The summed E-state index contributed by atoms with van der Waals surface area (Å²) in [6.45, 7) is 1.42. The van der Waals surface area contributed by atoms with Crippen LogP contribution in [0.3, 0.4) is 0 Å². The van der Waals surface area contributed by atoms with Gasteiger partial charge in [0.2, 0.25) is 23.6 Å². The van der Waals surface area contributed by atoms with Gasteiger partial charge in [0.1, 0.15) is 12.2 Å². The SMILES string of the molecule is NCCCNC(=O)C1C2CCC(C(OC(=O)c3c[nH]c4ccccc34)C2)C1C(=O)NC(=O)C1C2CCC(CC2OC(=O)c2c[nH]c3ccccc23)C1C(=O)NCCCN.